The number of benzene rings is 2. The predicted octanol–water partition coefficient (Wildman–Crippen LogP) is 2.27. The number of carbonyl (C=O) groups is 3. The highest BCUT2D eigenvalue weighted by Crippen LogP contribution is 2.42. The van der Waals surface area contributed by atoms with E-state index in [9.17, 15) is 34.8 Å². The maximum atomic E-state index is 12.8. The van der Waals surface area contributed by atoms with Crippen molar-refractivity contribution < 1.29 is 34.8 Å². The zero-order chi connectivity index (χ0) is 18.5. The number of phenols is 4. The van der Waals surface area contributed by atoms with E-state index in [1.54, 1.807) is 6.92 Å². The van der Waals surface area contributed by atoms with E-state index in [1.165, 1.54) is 0 Å². The van der Waals surface area contributed by atoms with Crippen LogP contribution in [0.3, 0.4) is 0 Å². The third kappa shape index (κ3) is 2.32. The molecule has 0 spiro atoms. The Kier molecular flexibility index (Phi) is 3.71. The average molecular weight is 342 g/mol. The van der Waals surface area contributed by atoms with Gasteiger partial charge in [0.1, 0.15) is 23.0 Å². The number of rotatable bonds is 3. The van der Waals surface area contributed by atoms with E-state index in [0.29, 0.717) is 6.42 Å². The van der Waals surface area contributed by atoms with Crippen LogP contribution in [0, 0.1) is 0 Å². The van der Waals surface area contributed by atoms with Crippen LogP contribution in [-0.4, -0.2) is 37.8 Å². The normalized spacial score (nSPS) is 12.7. The molecular formula is C18H14O7. The van der Waals surface area contributed by atoms with Crippen molar-refractivity contribution in [3.63, 3.8) is 0 Å². The summed E-state index contributed by atoms with van der Waals surface area (Å²) in [5, 5.41) is 39.7. The van der Waals surface area contributed by atoms with Gasteiger partial charge in [0.15, 0.2) is 11.6 Å². The van der Waals surface area contributed by atoms with E-state index in [4.69, 9.17) is 0 Å². The lowest BCUT2D eigenvalue weighted by Gasteiger charge is -2.22. The number of carbonyl (C=O) groups excluding carboxylic acids is 3. The van der Waals surface area contributed by atoms with Crippen molar-refractivity contribution in [2.75, 3.05) is 0 Å². The van der Waals surface area contributed by atoms with Gasteiger partial charge in [-0.2, -0.15) is 0 Å². The van der Waals surface area contributed by atoms with Crippen molar-refractivity contribution in [2.45, 2.75) is 19.8 Å². The summed E-state index contributed by atoms with van der Waals surface area (Å²) in [6, 6.07) is 2.72. The minimum Gasteiger partial charge on any atom is -0.508 e. The van der Waals surface area contributed by atoms with Gasteiger partial charge in [0.05, 0.1) is 22.3 Å². The van der Waals surface area contributed by atoms with Crippen LogP contribution >= 0.6 is 0 Å². The van der Waals surface area contributed by atoms with E-state index in [-0.39, 0.29) is 23.1 Å². The third-order valence-electron chi connectivity index (χ3n) is 4.07. The summed E-state index contributed by atoms with van der Waals surface area (Å²) in [6.45, 7) is 1.74. The van der Waals surface area contributed by atoms with Crippen LogP contribution in [0.4, 0.5) is 0 Å². The molecule has 1 aliphatic carbocycles. The summed E-state index contributed by atoms with van der Waals surface area (Å²) in [5.41, 5.74) is -1.88. The summed E-state index contributed by atoms with van der Waals surface area (Å²) >= 11 is 0. The molecule has 0 unspecified atom stereocenters. The fourth-order valence-corrected chi connectivity index (χ4v) is 3.04. The molecule has 4 N–H and O–H groups in total. The van der Waals surface area contributed by atoms with Crippen LogP contribution in [0.5, 0.6) is 23.0 Å². The molecule has 0 amide bonds. The summed E-state index contributed by atoms with van der Waals surface area (Å²) in [6.07, 6.45) is 0.485. The van der Waals surface area contributed by atoms with Crippen LogP contribution in [0.25, 0.3) is 0 Å². The van der Waals surface area contributed by atoms with E-state index < -0.39 is 51.5 Å². The van der Waals surface area contributed by atoms with Crippen LogP contribution in [-0.2, 0) is 0 Å². The second kappa shape index (κ2) is 5.62. The molecule has 0 atom stereocenters. The molecule has 2 aromatic rings. The van der Waals surface area contributed by atoms with Crippen LogP contribution < -0.4 is 0 Å². The number of hydrogen-bond acceptors (Lipinski definition) is 7. The molecule has 0 bridgehead atoms. The summed E-state index contributed by atoms with van der Waals surface area (Å²) in [7, 11) is 0. The Balaban J connectivity index is 2.39. The Hall–Kier alpha value is -3.35. The SMILES string of the molecule is CCCC(=O)c1c(O)cc(O)c2c1C(=O)c1cc(O)cc(O)c1C2=O. The van der Waals surface area contributed by atoms with Gasteiger partial charge in [-0.25, -0.2) is 0 Å². The fourth-order valence-electron chi connectivity index (χ4n) is 3.04. The topological polar surface area (TPSA) is 132 Å². The van der Waals surface area contributed by atoms with Gasteiger partial charge in [-0.15, -0.1) is 0 Å². The molecular weight excluding hydrogens is 328 g/mol. The molecule has 0 saturated carbocycles. The third-order valence-corrected chi connectivity index (χ3v) is 4.07. The molecule has 0 aliphatic heterocycles. The lowest BCUT2D eigenvalue weighted by molar-refractivity contribution is 0.0951. The molecule has 0 fully saturated rings. The van der Waals surface area contributed by atoms with Gasteiger partial charge in [0.2, 0.25) is 5.78 Å². The largest absolute Gasteiger partial charge is 0.508 e. The maximum absolute atomic E-state index is 12.8. The number of phenolic OH excluding ortho intramolecular Hbond substituents is 4. The molecule has 1 aliphatic rings. The molecule has 0 heterocycles. The van der Waals surface area contributed by atoms with E-state index >= 15 is 0 Å². The van der Waals surface area contributed by atoms with Crippen molar-refractivity contribution in [1.29, 1.82) is 0 Å². The predicted molar refractivity (Wildman–Crippen MR) is 85.6 cm³/mol. The lowest BCUT2D eigenvalue weighted by atomic mass is 9.79. The maximum Gasteiger partial charge on any atom is 0.202 e. The number of Topliss-reactive ketones (excluding diaryl/α,β-unsaturated/α-hetero) is 1. The highest BCUT2D eigenvalue weighted by molar-refractivity contribution is 6.33. The van der Waals surface area contributed by atoms with Crippen molar-refractivity contribution in [2.24, 2.45) is 0 Å². The highest BCUT2D eigenvalue weighted by Gasteiger charge is 2.39. The molecule has 0 radical (unpaired) electrons. The second-order valence-electron chi connectivity index (χ2n) is 5.76. The first-order chi connectivity index (χ1) is 11.8. The smallest absolute Gasteiger partial charge is 0.202 e. The molecule has 0 aromatic heterocycles. The Morgan fingerprint density at radius 2 is 1.48 bits per heavy atom. The average Bonchev–Trinajstić information content (AvgIpc) is 2.51. The highest BCUT2D eigenvalue weighted by atomic mass is 16.3. The van der Waals surface area contributed by atoms with Gasteiger partial charge in [-0.05, 0) is 12.5 Å². The zero-order valence-electron chi connectivity index (χ0n) is 13.2. The molecule has 128 valence electrons. The number of aromatic hydroxyl groups is 4. The Bertz CT molecular complexity index is 957. The fraction of sp³-hybridized carbons (Fsp3) is 0.167. The lowest BCUT2D eigenvalue weighted by Crippen LogP contribution is -2.24. The Labute approximate surface area is 141 Å². The molecule has 3 rings (SSSR count). The summed E-state index contributed by atoms with van der Waals surface area (Å²) < 4.78 is 0. The van der Waals surface area contributed by atoms with E-state index in [1.807, 2.05) is 0 Å². The van der Waals surface area contributed by atoms with Crippen LogP contribution in [0.15, 0.2) is 18.2 Å². The zero-order valence-corrected chi connectivity index (χ0v) is 13.2. The van der Waals surface area contributed by atoms with Crippen LogP contribution in [0.1, 0.15) is 62.0 Å². The molecule has 2 aromatic carbocycles. The van der Waals surface area contributed by atoms with Gasteiger partial charge in [0, 0.05) is 24.1 Å². The van der Waals surface area contributed by atoms with Crippen molar-refractivity contribution in [3.05, 3.63) is 46.0 Å². The van der Waals surface area contributed by atoms with Gasteiger partial charge < -0.3 is 20.4 Å². The van der Waals surface area contributed by atoms with E-state index in [2.05, 4.69) is 0 Å². The summed E-state index contributed by atoms with van der Waals surface area (Å²) in [5.74, 6) is -4.60. The first-order valence-electron chi connectivity index (χ1n) is 7.55. The molecule has 7 heteroatoms. The Morgan fingerprint density at radius 1 is 0.840 bits per heavy atom. The molecule has 7 nitrogen and oxygen atoms in total. The minimum absolute atomic E-state index is 0.0321. The standard InChI is InChI=1S/C18H14O7/c1-2-3-9(20)14-11(22)6-12(23)15-16(14)17(24)8-4-7(19)5-10(21)13(8)18(15)25/h4-6,19,21-23H,2-3H2,1H3. The molecule has 25 heavy (non-hydrogen) atoms. The number of fused-ring (bicyclic) bond motifs is 2. The molecule has 0 saturated heterocycles. The van der Waals surface area contributed by atoms with Gasteiger partial charge in [-0.3, -0.25) is 14.4 Å². The van der Waals surface area contributed by atoms with E-state index in [0.717, 1.165) is 18.2 Å². The van der Waals surface area contributed by atoms with Crippen molar-refractivity contribution >= 4 is 17.3 Å². The monoisotopic (exact) mass is 342 g/mol. The quantitative estimate of drug-likeness (QED) is 0.537. The van der Waals surface area contributed by atoms with Crippen molar-refractivity contribution in [1.82, 2.24) is 0 Å². The number of ketones is 3. The first-order valence-corrected chi connectivity index (χ1v) is 7.55. The van der Waals surface area contributed by atoms with Gasteiger partial charge >= 0.3 is 0 Å². The second-order valence-corrected chi connectivity index (χ2v) is 5.76. The van der Waals surface area contributed by atoms with Gasteiger partial charge in [-0.1, -0.05) is 6.92 Å². The first kappa shape index (κ1) is 16.5. The van der Waals surface area contributed by atoms with Gasteiger partial charge in [0.25, 0.3) is 0 Å². The Morgan fingerprint density at radius 3 is 2.12 bits per heavy atom. The van der Waals surface area contributed by atoms with Crippen molar-refractivity contribution in [3.8, 4) is 23.0 Å². The summed E-state index contributed by atoms with van der Waals surface area (Å²) in [4.78, 5) is 37.9. The van der Waals surface area contributed by atoms with Crippen LogP contribution in [0.2, 0.25) is 0 Å². The number of hydrogen-bond donors (Lipinski definition) is 4. The minimum atomic E-state index is -0.870.